The van der Waals surface area contributed by atoms with Gasteiger partial charge in [0, 0.05) is 21.0 Å². The lowest BCUT2D eigenvalue weighted by molar-refractivity contribution is 0.249. The van der Waals surface area contributed by atoms with Crippen molar-refractivity contribution in [1.82, 2.24) is 0 Å². The lowest BCUT2D eigenvalue weighted by Gasteiger charge is -2.40. The van der Waals surface area contributed by atoms with Crippen LogP contribution in [0.5, 0.6) is 0 Å². The van der Waals surface area contributed by atoms with Gasteiger partial charge in [-0.1, -0.05) is 17.7 Å². The van der Waals surface area contributed by atoms with Crippen LogP contribution < -0.4 is 5.73 Å². The molecule has 1 aromatic carbocycles. The number of benzene rings is 1. The Balaban J connectivity index is 2.49. The molecule has 1 fully saturated rings. The van der Waals surface area contributed by atoms with Gasteiger partial charge in [-0.15, -0.1) is 11.8 Å². The van der Waals surface area contributed by atoms with E-state index in [4.69, 9.17) is 17.3 Å². The summed E-state index contributed by atoms with van der Waals surface area (Å²) in [6.45, 7) is 0. The van der Waals surface area contributed by atoms with E-state index < -0.39 is 0 Å². The first-order valence-electron chi connectivity index (χ1n) is 4.79. The maximum Gasteiger partial charge on any atom is 0.0467 e. The first kappa shape index (κ1) is 10.3. The van der Waals surface area contributed by atoms with Crippen LogP contribution in [0.1, 0.15) is 24.8 Å². The zero-order chi connectivity index (χ0) is 10.2. The van der Waals surface area contributed by atoms with Gasteiger partial charge in [0.05, 0.1) is 0 Å². The molecule has 1 aliphatic rings. The van der Waals surface area contributed by atoms with Crippen molar-refractivity contribution < 1.29 is 0 Å². The van der Waals surface area contributed by atoms with Crippen LogP contribution in [0.25, 0.3) is 0 Å². The minimum Gasteiger partial charge on any atom is -0.321 e. The predicted octanol–water partition coefficient (Wildman–Crippen LogP) is 3.40. The second kappa shape index (κ2) is 3.76. The summed E-state index contributed by atoms with van der Waals surface area (Å²) in [4.78, 5) is 1.22. The van der Waals surface area contributed by atoms with Crippen LogP contribution >= 0.6 is 23.4 Å². The molecule has 2 rings (SSSR count). The summed E-state index contributed by atoms with van der Waals surface area (Å²) in [6.07, 6.45) is 5.40. The van der Waals surface area contributed by atoms with E-state index in [0.717, 1.165) is 23.4 Å². The fourth-order valence-corrected chi connectivity index (χ4v) is 3.12. The third kappa shape index (κ3) is 1.56. The average molecular weight is 228 g/mol. The quantitative estimate of drug-likeness (QED) is 0.784. The minimum atomic E-state index is -0.156. The van der Waals surface area contributed by atoms with E-state index in [2.05, 4.69) is 12.3 Å². The molecule has 0 saturated heterocycles. The lowest BCUT2D eigenvalue weighted by Crippen LogP contribution is -2.43. The summed E-state index contributed by atoms with van der Waals surface area (Å²) in [6, 6.07) is 6.02. The van der Waals surface area contributed by atoms with Crippen molar-refractivity contribution in [2.24, 2.45) is 5.73 Å². The van der Waals surface area contributed by atoms with Gasteiger partial charge in [0.15, 0.2) is 0 Å². The number of halogens is 1. The number of thioether (sulfide) groups is 1. The van der Waals surface area contributed by atoms with Gasteiger partial charge in [0.2, 0.25) is 0 Å². The fourth-order valence-electron chi connectivity index (χ4n) is 1.97. The van der Waals surface area contributed by atoms with Crippen LogP contribution in [-0.2, 0) is 5.54 Å². The molecule has 0 aliphatic heterocycles. The zero-order valence-electron chi connectivity index (χ0n) is 8.22. The smallest absolute Gasteiger partial charge is 0.0467 e. The van der Waals surface area contributed by atoms with Crippen molar-refractivity contribution in [1.29, 1.82) is 0 Å². The molecule has 0 bridgehead atoms. The molecule has 1 aromatic rings. The van der Waals surface area contributed by atoms with E-state index in [1.807, 2.05) is 12.1 Å². The Morgan fingerprint density at radius 2 is 2.14 bits per heavy atom. The Hall–Kier alpha value is -0.180. The zero-order valence-corrected chi connectivity index (χ0v) is 9.79. The maximum absolute atomic E-state index is 6.30. The standard InChI is InChI=1S/C11H14ClNS/c1-14-9-5-2-4-8(12)10(9)11(13)6-3-7-11/h2,4-5H,3,6-7,13H2,1H3. The molecule has 0 unspecified atom stereocenters. The van der Waals surface area contributed by atoms with Crippen molar-refractivity contribution in [2.45, 2.75) is 29.7 Å². The molecule has 14 heavy (non-hydrogen) atoms. The molecular weight excluding hydrogens is 214 g/mol. The molecule has 0 atom stereocenters. The molecule has 3 heteroatoms. The van der Waals surface area contributed by atoms with Crippen LogP contribution in [0.4, 0.5) is 0 Å². The van der Waals surface area contributed by atoms with Crippen molar-refractivity contribution >= 4 is 23.4 Å². The predicted molar refractivity (Wildman–Crippen MR) is 62.9 cm³/mol. The van der Waals surface area contributed by atoms with Gasteiger partial charge in [0.1, 0.15) is 0 Å². The van der Waals surface area contributed by atoms with Crippen molar-refractivity contribution in [3.05, 3.63) is 28.8 Å². The van der Waals surface area contributed by atoms with Gasteiger partial charge in [-0.2, -0.15) is 0 Å². The summed E-state index contributed by atoms with van der Waals surface area (Å²) in [5, 5.41) is 0.819. The van der Waals surface area contributed by atoms with E-state index in [1.54, 1.807) is 11.8 Å². The first-order valence-corrected chi connectivity index (χ1v) is 6.39. The van der Waals surface area contributed by atoms with Gasteiger partial charge >= 0.3 is 0 Å². The summed E-state index contributed by atoms with van der Waals surface area (Å²) < 4.78 is 0. The van der Waals surface area contributed by atoms with Crippen molar-refractivity contribution in [2.75, 3.05) is 6.26 Å². The third-order valence-electron chi connectivity index (χ3n) is 2.94. The van der Waals surface area contributed by atoms with Crippen LogP contribution in [0.15, 0.2) is 23.1 Å². The van der Waals surface area contributed by atoms with Gasteiger partial charge in [-0.05, 0) is 37.7 Å². The molecule has 1 saturated carbocycles. The summed E-state index contributed by atoms with van der Waals surface area (Å²) in [7, 11) is 0. The van der Waals surface area contributed by atoms with Crippen LogP contribution in [0.3, 0.4) is 0 Å². The highest BCUT2D eigenvalue weighted by Crippen LogP contribution is 2.45. The molecule has 76 valence electrons. The van der Waals surface area contributed by atoms with E-state index in [-0.39, 0.29) is 5.54 Å². The highest BCUT2D eigenvalue weighted by atomic mass is 35.5. The highest BCUT2D eigenvalue weighted by Gasteiger charge is 2.37. The highest BCUT2D eigenvalue weighted by molar-refractivity contribution is 7.98. The van der Waals surface area contributed by atoms with Gasteiger partial charge in [-0.25, -0.2) is 0 Å². The topological polar surface area (TPSA) is 26.0 Å². The van der Waals surface area contributed by atoms with Gasteiger partial charge in [0.25, 0.3) is 0 Å². The van der Waals surface area contributed by atoms with E-state index in [1.165, 1.54) is 11.3 Å². The molecular formula is C11H14ClNS. The number of rotatable bonds is 2. The Bertz CT molecular complexity index is 347. The average Bonchev–Trinajstić information content (AvgIpc) is 2.14. The summed E-state index contributed by atoms with van der Waals surface area (Å²) in [5.41, 5.74) is 7.30. The molecule has 0 radical (unpaired) electrons. The lowest BCUT2D eigenvalue weighted by atomic mass is 9.73. The minimum absolute atomic E-state index is 0.156. The first-order chi connectivity index (χ1) is 6.67. The molecule has 1 aliphatic carbocycles. The summed E-state index contributed by atoms with van der Waals surface area (Å²) in [5.74, 6) is 0. The second-order valence-corrected chi connectivity index (χ2v) is 5.08. The molecule has 0 heterocycles. The summed E-state index contributed by atoms with van der Waals surface area (Å²) >= 11 is 7.93. The number of hydrogen-bond acceptors (Lipinski definition) is 2. The maximum atomic E-state index is 6.30. The van der Waals surface area contributed by atoms with E-state index >= 15 is 0 Å². The Labute approximate surface area is 94.0 Å². The van der Waals surface area contributed by atoms with Crippen LogP contribution in [0.2, 0.25) is 5.02 Å². The van der Waals surface area contributed by atoms with E-state index in [9.17, 15) is 0 Å². The normalized spacial score (nSPS) is 19.1. The molecule has 0 spiro atoms. The van der Waals surface area contributed by atoms with Gasteiger partial charge in [-0.3, -0.25) is 0 Å². The number of nitrogens with two attached hydrogens (primary N) is 1. The molecule has 2 N–H and O–H groups in total. The molecule has 0 aromatic heterocycles. The van der Waals surface area contributed by atoms with E-state index in [0.29, 0.717) is 0 Å². The van der Waals surface area contributed by atoms with Gasteiger partial charge < -0.3 is 5.73 Å². The fraction of sp³-hybridized carbons (Fsp3) is 0.455. The van der Waals surface area contributed by atoms with Crippen LogP contribution in [0, 0.1) is 0 Å². The Morgan fingerprint density at radius 3 is 2.64 bits per heavy atom. The SMILES string of the molecule is CSc1cccc(Cl)c1C1(N)CCC1. The van der Waals surface area contributed by atoms with Crippen LogP contribution in [-0.4, -0.2) is 6.26 Å². The third-order valence-corrected chi connectivity index (χ3v) is 4.03. The van der Waals surface area contributed by atoms with Crippen molar-refractivity contribution in [3.8, 4) is 0 Å². The monoisotopic (exact) mass is 227 g/mol. The van der Waals surface area contributed by atoms with Crippen molar-refractivity contribution in [3.63, 3.8) is 0 Å². The second-order valence-electron chi connectivity index (χ2n) is 3.83. The molecule has 0 amide bonds. The Kier molecular flexibility index (Phi) is 2.78. The molecule has 1 nitrogen and oxygen atoms in total. The largest absolute Gasteiger partial charge is 0.321 e. The number of hydrogen-bond donors (Lipinski definition) is 1. The Morgan fingerprint density at radius 1 is 1.43 bits per heavy atom.